The van der Waals surface area contributed by atoms with Gasteiger partial charge in [0.1, 0.15) is 12.3 Å². The van der Waals surface area contributed by atoms with Crippen molar-refractivity contribution >= 4 is 32.9 Å². The van der Waals surface area contributed by atoms with Crippen molar-refractivity contribution < 1.29 is 9.53 Å². The second-order valence-corrected chi connectivity index (χ2v) is 10.7. The van der Waals surface area contributed by atoms with Crippen molar-refractivity contribution in [3.05, 3.63) is 73.9 Å². The molecule has 0 atom stereocenters. The van der Waals surface area contributed by atoms with Gasteiger partial charge < -0.3 is 9.30 Å². The number of allylic oxidation sites excluding steroid dienone is 2. The Labute approximate surface area is 202 Å². The molecule has 172 valence electrons. The van der Waals surface area contributed by atoms with Crippen LogP contribution in [-0.4, -0.2) is 22.1 Å². The number of esters is 1. The molecule has 1 heterocycles. The molecule has 4 rings (SSSR count). The smallest absolute Gasteiger partial charge is 0.330 e. The number of carbonyl (C=O) groups excluding carboxylic acids is 1. The molecule has 0 unspecified atom stereocenters. The molecule has 0 spiro atoms. The molecule has 0 saturated heterocycles. The SMILES string of the molecule is CC(C)=CC(=O)OCC1=C(Cn2c3ccc(Br)c(=O)c-3nc3ccccc32)CCC(C)(C)C1. The van der Waals surface area contributed by atoms with E-state index in [2.05, 4.69) is 39.3 Å². The first-order valence-electron chi connectivity index (χ1n) is 11.2. The second-order valence-electron chi connectivity index (χ2n) is 9.81. The Morgan fingerprint density at radius 2 is 1.94 bits per heavy atom. The second kappa shape index (κ2) is 9.26. The molecule has 0 N–H and O–H groups in total. The maximum absolute atomic E-state index is 12.8. The fourth-order valence-electron chi connectivity index (χ4n) is 4.50. The van der Waals surface area contributed by atoms with E-state index in [0.29, 0.717) is 23.3 Å². The molecule has 0 aromatic heterocycles. The van der Waals surface area contributed by atoms with E-state index in [1.165, 1.54) is 17.2 Å². The monoisotopic (exact) mass is 508 g/mol. The predicted octanol–water partition coefficient (Wildman–Crippen LogP) is 6.28. The minimum Gasteiger partial charge on any atom is -0.458 e. The summed E-state index contributed by atoms with van der Waals surface area (Å²) < 4.78 is 8.30. The zero-order valence-corrected chi connectivity index (χ0v) is 21.2. The summed E-state index contributed by atoms with van der Waals surface area (Å²) in [7, 11) is 0. The molecule has 0 bridgehead atoms. The first kappa shape index (κ1) is 23.4. The lowest BCUT2D eigenvalue weighted by Crippen LogP contribution is -2.24. The lowest BCUT2D eigenvalue weighted by atomic mass is 9.74. The standard InChI is InChI=1S/C27H29BrN2O3/c1-17(2)13-24(31)33-16-19-14-27(3,4)12-11-18(19)15-30-22-8-6-5-7-21(22)29-25-23(30)10-9-20(28)26(25)32/h5-10,13H,11-12,14-16H2,1-4H3. The zero-order chi connectivity index (χ0) is 23.8. The topological polar surface area (TPSA) is 61.2 Å². The van der Waals surface area contributed by atoms with Crippen molar-refractivity contribution in [2.75, 3.05) is 6.61 Å². The summed E-state index contributed by atoms with van der Waals surface area (Å²) in [5.41, 5.74) is 6.42. The largest absolute Gasteiger partial charge is 0.458 e. The van der Waals surface area contributed by atoms with Gasteiger partial charge in [0.05, 0.1) is 21.2 Å². The van der Waals surface area contributed by atoms with E-state index in [1.54, 1.807) is 6.07 Å². The van der Waals surface area contributed by atoms with Crippen LogP contribution in [0.1, 0.15) is 47.0 Å². The minimum absolute atomic E-state index is 0.110. The number of carbonyl (C=O) groups is 1. The number of fused-ring (bicyclic) bond motifs is 2. The molecule has 0 saturated carbocycles. The fraction of sp³-hybridized carbons (Fsp3) is 0.370. The van der Waals surface area contributed by atoms with Gasteiger partial charge in [-0.15, -0.1) is 0 Å². The average Bonchev–Trinajstić information content (AvgIpc) is 2.75. The average molecular weight is 509 g/mol. The normalized spacial score (nSPS) is 15.7. The van der Waals surface area contributed by atoms with Gasteiger partial charge in [-0.05, 0) is 89.9 Å². The number of rotatable bonds is 5. The number of para-hydroxylation sites is 2. The third-order valence-electron chi connectivity index (χ3n) is 6.20. The van der Waals surface area contributed by atoms with Crippen molar-refractivity contribution in [1.82, 2.24) is 9.55 Å². The van der Waals surface area contributed by atoms with Crippen LogP contribution in [0.5, 0.6) is 0 Å². The van der Waals surface area contributed by atoms with E-state index in [0.717, 1.165) is 41.6 Å². The molecular formula is C27H29BrN2O3. The van der Waals surface area contributed by atoms with E-state index in [-0.39, 0.29) is 16.8 Å². The van der Waals surface area contributed by atoms with Crippen LogP contribution in [-0.2, 0) is 16.1 Å². The van der Waals surface area contributed by atoms with E-state index in [9.17, 15) is 9.59 Å². The first-order valence-corrected chi connectivity index (χ1v) is 12.0. The molecule has 33 heavy (non-hydrogen) atoms. The van der Waals surface area contributed by atoms with Crippen molar-refractivity contribution in [2.24, 2.45) is 5.41 Å². The van der Waals surface area contributed by atoms with Crippen molar-refractivity contribution in [3.63, 3.8) is 0 Å². The predicted molar refractivity (Wildman–Crippen MR) is 135 cm³/mol. The van der Waals surface area contributed by atoms with Crippen LogP contribution in [0.25, 0.3) is 22.4 Å². The van der Waals surface area contributed by atoms with Gasteiger partial charge in [0.2, 0.25) is 5.43 Å². The highest BCUT2D eigenvalue weighted by molar-refractivity contribution is 9.10. The molecule has 6 heteroatoms. The van der Waals surface area contributed by atoms with Crippen LogP contribution in [0.2, 0.25) is 0 Å². The molecule has 1 aliphatic heterocycles. The van der Waals surface area contributed by atoms with Crippen LogP contribution < -0.4 is 5.43 Å². The molecule has 2 aliphatic carbocycles. The van der Waals surface area contributed by atoms with Gasteiger partial charge >= 0.3 is 5.97 Å². The summed E-state index contributed by atoms with van der Waals surface area (Å²) in [5.74, 6) is -0.307. The number of hydrogen-bond acceptors (Lipinski definition) is 4. The Bertz CT molecular complexity index is 1310. The number of ether oxygens (including phenoxy) is 1. The fourth-order valence-corrected chi connectivity index (χ4v) is 4.82. The third-order valence-corrected chi connectivity index (χ3v) is 6.82. The van der Waals surface area contributed by atoms with Gasteiger partial charge in [-0.25, -0.2) is 9.78 Å². The molecule has 1 aromatic rings. The molecule has 0 radical (unpaired) electrons. The number of hydrogen-bond donors (Lipinski definition) is 0. The minimum atomic E-state index is -0.307. The third kappa shape index (κ3) is 5.11. The summed E-state index contributed by atoms with van der Waals surface area (Å²) in [6.45, 7) is 9.21. The van der Waals surface area contributed by atoms with Gasteiger partial charge in [0, 0.05) is 12.6 Å². The van der Waals surface area contributed by atoms with Gasteiger partial charge in [-0.2, -0.15) is 0 Å². The van der Waals surface area contributed by atoms with Crippen molar-refractivity contribution in [3.8, 4) is 11.4 Å². The highest BCUT2D eigenvalue weighted by Gasteiger charge is 2.28. The van der Waals surface area contributed by atoms with Gasteiger partial charge in [-0.1, -0.05) is 31.6 Å². The number of halogens is 1. The first-order chi connectivity index (χ1) is 15.6. The van der Waals surface area contributed by atoms with Crippen LogP contribution in [0, 0.1) is 5.41 Å². The summed E-state index contributed by atoms with van der Waals surface area (Å²) in [4.78, 5) is 29.7. The van der Waals surface area contributed by atoms with Crippen LogP contribution in [0.3, 0.4) is 0 Å². The molecular weight excluding hydrogens is 480 g/mol. The van der Waals surface area contributed by atoms with Gasteiger partial charge in [0.25, 0.3) is 0 Å². The maximum atomic E-state index is 12.8. The van der Waals surface area contributed by atoms with Crippen molar-refractivity contribution in [1.29, 1.82) is 0 Å². The van der Waals surface area contributed by atoms with Crippen LogP contribution in [0.15, 0.2) is 68.5 Å². The molecule has 3 aliphatic rings. The molecule has 0 amide bonds. The quantitative estimate of drug-likeness (QED) is 0.176. The van der Waals surface area contributed by atoms with Gasteiger partial charge in [0.15, 0.2) is 0 Å². The summed E-state index contributed by atoms with van der Waals surface area (Å²) in [6.07, 6.45) is 4.40. The highest BCUT2D eigenvalue weighted by atomic mass is 79.9. The van der Waals surface area contributed by atoms with E-state index in [4.69, 9.17) is 4.74 Å². The summed E-state index contributed by atoms with van der Waals surface area (Å²) in [6, 6.07) is 11.6. The van der Waals surface area contributed by atoms with E-state index >= 15 is 0 Å². The van der Waals surface area contributed by atoms with Crippen LogP contribution in [0.4, 0.5) is 0 Å². The number of aromatic nitrogens is 2. The Hall–Kier alpha value is -2.73. The van der Waals surface area contributed by atoms with E-state index in [1.807, 2.05) is 44.2 Å². The summed E-state index contributed by atoms with van der Waals surface area (Å²) >= 11 is 3.35. The van der Waals surface area contributed by atoms with Gasteiger partial charge in [-0.3, -0.25) is 4.79 Å². The molecule has 1 aromatic carbocycles. The highest BCUT2D eigenvalue weighted by Crippen LogP contribution is 2.40. The molecule has 5 nitrogen and oxygen atoms in total. The number of nitrogens with zero attached hydrogens (tertiary/aromatic N) is 2. The zero-order valence-electron chi connectivity index (χ0n) is 19.6. The van der Waals surface area contributed by atoms with Crippen molar-refractivity contribution in [2.45, 2.75) is 53.5 Å². The lowest BCUT2D eigenvalue weighted by molar-refractivity contribution is -0.137. The Kier molecular flexibility index (Phi) is 6.57. The lowest BCUT2D eigenvalue weighted by Gasteiger charge is -2.34. The Morgan fingerprint density at radius 3 is 2.70 bits per heavy atom. The Morgan fingerprint density at radius 1 is 1.18 bits per heavy atom. The maximum Gasteiger partial charge on any atom is 0.330 e. The van der Waals surface area contributed by atoms with Crippen LogP contribution >= 0.6 is 15.9 Å². The number of benzene rings is 2. The summed E-state index contributed by atoms with van der Waals surface area (Å²) in [5, 5.41) is 0. The Balaban J connectivity index is 1.80. The molecule has 0 fully saturated rings. The van der Waals surface area contributed by atoms with E-state index < -0.39 is 0 Å².